The van der Waals surface area contributed by atoms with Gasteiger partial charge >= 0.3 is 0 Å². The van der Waals surface area contributed by atoms with E-state index in [9.17, 15) is 9.90 Å². The number of aliphatic imine (C=N–C) groups is 1. The summed E-state index contributed by atoms with van der Waals surface area (Å²) in [5, 5.41) is 11.1. The van der Waals surface area contributed by atoms with E-state index in [2.05, 4.69) is 9.98 Å². The molecule has 3 aromatic rings. The highest BCUT2D eigenvalue weighted by molar-refractivity contribution is 6.55. The van der Waals surface area contributed by atoms with Crippen LogP contribution < -0.4 is 9.47 Å². The number of ketones is 1. The van der Waals surface area contributed by atoms with Crippen molar-refractivity contribution in [3.8, 4) is 17.2 Å². The zero-order valence-corrected chi connectivity index (χ0v) is 13.1. The van der Waals surface area contributed by atoms with Crippen LogP contribution in [0.1, 0.15) is 16.1 Å². The van der Waals surface area contributed by atoms with Crippen LogP contribution in [0.5, 0.6) is 17.2 Å². The number of Topliss-reactive ketones (excluding diaryl/α,β-unsaturated/α-hetero) is 1. The summed E-state index contributed by atoms with van der Waals surface area (Å²) < 4.78 is 10.5. The van der Waals surface area contributed by atoms with Gasteiger partial charge in [0.1, 0.15) is 22.9 Å². The Bertz CT molecular complexity index is 1020. The molecule has 0 amide bonds. The summed E-state index contributed by atoms with van der Waals surface area (Å²) in [7, 11) is 3.03. The highest BCUT2D eigenvalue weighted by Crippen LogP contribution is 2.40. The van der Waals surface area contributed by atoms with Crippen LogP contribution in [-0.2, 0) is 0 Å². The quantitative estimate of drug-likeness (QED) is 0.775. The van der Waals surface area contributed by atoms with Gasteiger partial charge in [0.2, 0.25) is 5.78 Å². The number of ether oxygens (including phenoxy) is 2. The van der Waals surface area contributed by atoms with Gasteiger partial charge in [0, 0.05) is 0 Å². The van der Waals surface area contributed by atoms with Crippen LogP contribution in [0.4, 0.5) is 5.69 Å². The molecule has 1 aromatic heterocycles. The normalized spacial score (nSPS) is 13.1. The van der Waals surface area contributed by atoms with Crippen LogP contribution >= 0.6 is 0 Å². The number of benzene rings is 2. The molecule has 24 heavy (non-hydrogen) atoms. The molecule has 0 aliphatic carbocycles. The van der Waals surface area contributed by atoms with E-state index in [0.717, 1.165) is 0 Å². The molecule has 6 nitrogen and oxygen atoms in total. The number of aromatic amines is 1. The van der Waals surface area contributed by atoms with Gasteiger partial charge in [-0.2, -0.15) is 0 Å². The highest BCUT2D eigenvalue weighted by atomic mass is 16.5. The Kier molecular flexibility index (Phi) is 3.06. The van der Waals surface area contributed by atoms with Crippen LogP contribution in [0.2, 0.25) is 0 Å². The number of hydrogen-bond donors (Lipinski definition) is 2. The van der Waals surface area contributed by atoms with Crippen molar-refractivity contribution in [1.82, 2.24) is 4.98 Å². The van der Waals surface area contributed by atoms with Crippen molar-refractivity contribution < 1.29 is 19.4 Å². The Morgan fingerprint density at radius 2 is 1.75 bits per heavy atom. The van der Waals surface area contributed by atoms with E-state index >= 15 is 0 Å². The van der Waals surface area contributed by atoms with E-state index in [1.807, 2.05) is 0 Å². The molecule has 0 fully saturated rings. The average molecular weight is 322 g/mol. The number of hydrogen-bond acceptors (Lipinski definition) is 5. The fourth-order valence-electron chi connectivity index (χ4n) is 3.01. The summed E-state index contributed by atoms with van der Waals surface area (Å²) >= 11 is 0. The minimum Gasteiger partial charge on any atom is -0.505 e. The molecule has 1 aliphatic rings. The Morgan fingerprint density at radius 3 is 2.50 bits per heavy atom. The van der Waals surface area contributed by atoms with E-state index in [1.54, 1.807) is 36.4 Å². The van der Waals surface area contributed by atoms with Gasteiger partial charge in [-0.05, 0) is 24.3 Å². The first-order chi connectivity index (χ1) is 11.7. The molecule has 6 heteroatoms. The van der Waals surface area contributed by atoms with E-state index in [4.69, 9.17) is 9.47 Å². The van der Waals surface area contributed by atoms with Crippen molar-refractivity contribution in [2.75, 3.05) is 14.2 Å². The molecular weight excluding hydrogens is 308 g/mol. The molecule has 2 aromatic carbocycles. The van der Waals surface area contributed by atoms with Crippen LogP contribution in [-0.4, -0.2) is 35.8 Å². The molecule has 120 valence electrons. The number of aromatic nitrogens is 1. The summed E-state index contributed by atoms with van der Waals surface area (Å²) in [4.78, 5) is 20.2. The molecule has 2 heterocycles. The molecule has 0 atom stereocenters. The van der Waals surface area contributed by atoms with Gasteiger partial charge in [-0.15, -0.1) is 0 Å². The Morgan fingerprint density at radius 1 is 1.04 bits per heavy atom. The molecular formula is C18H14N2O4. The number of methoxy groups -OCH3 is 2. The smallest absolute Gasteiger partial charge is 0.219 e. The van der Waals surface area contributed by atoms with Gasteiger partial charge in [-0.1, -0.05) is 12.1 Å². The van der Waals surface area contributed by atoms with E-state index in [-0.39, 0.29) is 22.9 Å². The number of nitrogens with zero attached hydrogens (tertiary/aromatic N) is 1. The summed E-state index contributed by atoms with van der Waals surface area (Å²) in [6, 6.07) is 10.6. The van der Waals surface area contributed by atoms with Gasteiger partial charge < -0.3 is 19.6 Å². The number of H-pyrrole nitrogens is 1. The van der Waals surface area contributed by atoms with Crippen LogP contribution in [0.15, 0.2) is 41.4 Å². The number of rotatable bonds is 3. The lowest BCUT2D eigenvalue weighted by atomic mass is 10.0. The minimum atomic E-state index is -0.289. The van der Waals surface area contributed by atoms with Gasteiger partial charge in [-0.25, -0.2) is 4.99 Å². The summed E-state index contributed by atoms with van der Waals surface area (Å²) in [6.07, 6.45) is 0. The molecule has 0 unspecified atom stereocenters. The fraction of sp³-hybridized carbons (Fsp3) is 0.111. The third-order valence-corrected chi connectivity index (χ3v) is 4.11. The number of fused-ring (bicyclic) bond motifs is 2. The second kappa shape index (κ2) is 5.13. The molecule has 0 radical (unpaired) electrons. The number of carbonyl (C=O) groups excluding carboxylic acids is 1. The van der Waals surface area contributed by atoms with E-state index < -0.39 is 0 Å². The summed E-state index contributed by atoms with van der Waals surface area (Å²) in [5.74, 6) is 0.641. The maximum absolute atomic E-state index is 12.8. The van der Waals surface area contributed by atoms with Crippen molar-refractivity contribution in [2.45, 2.75) is 0 Å². The Hall–Kier alpha value is -3.28. The Balaban J connectivity index is 1.91. The van der Waals surface area contributed by atoms with Crippen molar-refractivity contribution in [3.05, 3.63) is 47.7 Å². The second-order valence-corrected chi connectivity index (χ2v) is 5.38. The van der Waals surface area contributed by atoms with Crippen molar-refractivity contribution in [1.29, 1.82) is 0 Å². The zero-order chi connectivity index (χ0) is 16.8. The lowest BCUT2D eigenvalue weighted by Crippen LogP contribution is -2.12. The van der Waals surface area contributed by atoms with Crippen LogP contribution in [0, 0.1) is 0 Å². The number of nitrogens with one attached hydrogen (secondary N) is 1. The lowest BCUT2D eigenvalue weighted by molar-refractivity contribution is 0.106. The zero-order valence-electron chi connectivity index (χ0n) is 13.1. The van der Waals surface area contributed by atoms with Crippen molar-refractivity contribution in [2.24, 2.45) is 4.99 Å². The van der Waals surface area contributed by atoms with Crippen LogP contribution in [0.3, 0.4) is 0 Å². The molecule has 2 N–H and O–H groups in total. The Labute approximate surface area is 137 Å². The third-order valence-electron chi connectivity index (χ3n) is 4.11. The maximum Gasteiger partial charge on any atom is 0.219 e. The maximum atomic E-state index is 12.8. The fourth-order valence-corrected chi connectivity index (χ4v) is 3.01. The predicted octanol–water partition coefficient (Wildman–Crippen LogP) is 3.21. The first-order valence-corrected chi connectivity index (χ1v) is 7.34. The summed E-state index contributed by atoms with van der Waals surface area (Å²) in [5.41, 5.74) is 2.03. The standard InChI is InChI=1S/C18H14N2O4/c1-23-11-7-3-5-9-13(11)17(21)15(19-9)16-18(22)14-10(20-16)6-4-8-12(14)24-2/h3-8,19,21H,1-2H3. The topological polar surface area (TPSA) is 83.9 Å². The lowest BCUT2D eigenvalue weighted by Gasteiger charge is -2.04. The third kappa shape index (κ3) is 1.83. The first-order valence-electron chi connectivity index (χ1n) is 7.34. The monoisotopic (exact) mass is 322 g/mol. The van der Waals surface area contributed by atoms with Gasteiger partial charge in [0.15, 0.2) is 5.75 Å². The SMILES string of the molecule is COc1cccc2c1C(=O)C(c1[nH]c3cccc(OC)c3c1O)=N2. The molecule has 0 saturated carbocycles. The number of aromatic hydroxyl groups is 1. The molecule has 0 saturated heterocycles. The molecule has 0 spiro atoms. The second-order valence-electron chi connectivity index (χ2n) is 5.38. The predicted molar refractivity (Wildman–Crippen MR) is 90.0 cm³/mol. The van der Waals surface area contributed by atoms with Crippen LogP contribution in [0.25, 0.3) is 10.9 Å². The van der Waals surface area contributed by atoms with Crippen molar-refractivity contribution in [3.63, 3.8) is 0 Å². The largest absolute Gasteiger partial charge is 0.505 e. The molecule has 0 bridgehead atoms. The van der Waals surface area contributed by atoms with E-state index in [1.165, 1.54) is 14.2 Å². The van der Waals surface area contributed by atoms with E-state index in [0.29, 0.717) is 33.7 Å². The van der Waals surface area contributed by atoms with Gasteiger partial charge in [0.25, 0.3) is 0 Å². The first kappa shape index (κ1) is 14.3. The minimum absolute atomic E-state index is 0.0543. The number of carbonyl (C=O) groups is 1. The highest BCUT2D eigenvalue weighted by Gasteiger charge is 2.32. The molecule has 1 aliphatic heterocycles. The molecule has 4 rings (SSSR count). The van der Waals surface area contributed by atoms with Crippen molar-refractivity contribution >= 4 is 28.1 Å². The summed E-state index contributed by atoms with van der Waals surface area (Å²) in [6.45, 7) is 0. The van der Waals surface area contributed by atoms with Gasteiger partial charge in [0.05, 0.1) is 36.4 Å². The van der Waals surface area contributed by atoms with Gasteiger partial charge in [-0.3, -0.25) is 4.79 Å². The average Bonchev–Trinajstić information content (AvgIpc) is 3.12.